The van der Waals surface area contributed by atoms with Gasteiger partial charge in [0.2, 0.25) is 0 Å². The van der Waals surface area contributed by atoms with Crippen LogP contribution in [0.25, 0.3) is 11.2 Å². The highest BCUT2D eigenvalue weighted by Gasteiger charge is 2.49. The van der Waals surface area contributed by atoms with Crippen molar-refractivity contribution in [2.24, 2.45) is 4.74 Å². The summed E-state index contributed by atoms with van der Waals surface area (Å²) in [7, 11) is -6.77. The minimum absolute atomic E-state index is 0.119. The van der Waals surface area contributed by atoms with Crippen LogP contribution in [-0.2, 0) is 26.6 Å². The summed E-state index contributed by atoms with van der Waals surface area (Å²) >= 11 is -2.04. The lowest BCUT2D eigenvalue weighted by atomic mass is 10.3. The molecular weight excluding hydrogens is 872 g/mol. The number of hydrogen-bond donors (Lipinski definition) is 1. The van der Waals surface area contributed by atoms with Crippen LogP contribution in [0.3, 0.4) is 0 Å². The van der Waals surface area contributed by atoms with E-state index in [4.69, 9.17) is 23.5 Å². The number of rotatable bonds is 15. The number of para-hydroxylation sites is 1. The second-order valence-electron chi connectivity index (χ2n) is 12.6. The normalized spacial score (nSPS) is 19.9. The third kappa shape index (κ3) is 8.29. The molecule has 0 spiro atoms. The number of imidazole rings is 1. The van der Waals surface area contributed by atoms with Gasteiger partial charge in [0.25, 0.3) is 0 Å². The SMILES string of the molecule is CCOC(=O)[C@H](C)N[P@](=O)(CO[C@H]1O[C@@H](n2cnc3c(N=P(c4ccccc4)(c4ccccc4)c4ccccc4)ncnc32)[C@@H](F)[C@@H]1I=O)Oc1ccccc1. The monoisotopic (exact) mass is 910 g/mol. The number of aromatic nitrogens is 4. The van der Waals surface area contributed by atoms with E-state index in [-0.39, 0.29) is 18.0 Å². The molecule has 1 aliphatic heterocycles. The molecule has 0 aliphatic carbocycles. The summed E-state index contributed by atoms with van der Waals surface area (Å²) in [5.74, 6) is -0.105. The first-order chi connectivity index (χ1) is 27.3. The van der Waals surface area contributed by atoms with Gasteiger partial charge in [0.1, 0.15) is 22.0 Å². The first-order valence-electron chi connectivity index (χ1n) is 17.7. The molecule has 4 aromatic carbocycles. The average Bonchev–Trinajstić information content (AvgIpc) is 3.81. The van der Waals surface area contributed by atoms with E-state index in [1.807, 2.05) is 54.6 Å². The first kappa shape index (κ1) is 39.7. The highest BCUT2D eigenvalue weighted by molar-refractivity contribution is 14.1. The number of benzene rings is 4. The molecule has 3 heterocycles. The standard InChI is InChI=1S/C39H38FIN6O7P2/c1-3-51-38(48)27(2)45-55(50,54-28-16-8-4-9-17-28)26-52-39-33(41-49)32(40)37(53-39)47-25-44-34-35(42-24-43-36(34)47)46-56(29-18-10-5-11-19-29,30-20-12-6-13-21-30)31-22-14-7-15-23-31/h4-25,27,32-33,37,39H,3,26H2,1-2H3,(H,45,50)/t27-,32-,33-,37+,39-,55-/m0/s1. The lowest BCUT2D eigenvalue weighted by molar-refractivity contribution is -0.144. The van der Waals surface area contributed by atoms with E-state index in [0.29, 0.717) is 11.3 Å². The number of hydrogen-bond acceptors (Lipinski definition) is 11. The fourth-order valence-corrected chi connectivity index (χ4v) is 12.8. The molecule has 0 bridgehead atoms. The molecule has 13 nitrogen and oxygen atoms in total. The van der Waals surface area contributed by atoms with Gasteiger partial charge >= 0.3 is 13.5 Å². The molecule has 1 aliphatic rings. The quantitative estimate of drug-likeness (QED) is 0.0478. The molecule has 56 heavy (non-hydrogen) atoms. The number of nitrogens with zero attached hydrogens (tertiary/aromatic N) is 5. The molecule has 0 amide bonds. The van der Waals surface area contributed by atoms with Crippen molar-refractivity contribution in [2.45, 2.75) is 42.5 Å². The Balaban J connectivity index is 1.23. The second-order valence-corrected chi connectivity index (χ2v) is 19.6. The van der Waals surface area contributed by atoms with Gasteiger partial charge in [0.15, 0.2) is 63.2 Å². The van der Waals surface area contributed by atoms with Crippen molar-refractivity contribution in [3.63, 3.8) is 0 Å². The molecule has 7 rings (SSSR count). The molecule has 6 aromatic rings. The minimum atomic E-state index is -4.02. The van der Waals surface area contributed by atoms with E-state index in [2.05, 4.69) is 56.4 Å². The van der Waals surface area contributed by atoms with E-state index in [9.17, 15) is 12.4 Å². The summed E-state index contributed by atoms with van der Waals surface area (Å²) < 4.78 is 71.6. The van der Waals surface area contributed by atoms with Gasteiger partial charge in [-0.15, -0.1) is 0 Å². The van der Waals surface area contributed by atoms with E-state index >= 15 is 4.39 Å². The fourth-order valence-electron chi connectivity index (χ4n) is 6.36. The molecule has 290 valence electrons. The van der Waals surface area contributed by atoms with Gasteiger partial charge in [-0.1, -0.05) is 109 Å². The zero-order chi connectivity index (χ0) is 39.1. The maximum absolute atomic E-state index is 16.3. The van der Waals surface area contributed by atoms with Crippen LogP contribution in [0.15, 0.2) is 139 Å². The summed E-state index contributed by atoms with van der Waals surface area (Å²) in [6.45, 7) is 3.25. The van der Waals surface area contributed by atoms with E-state index in [1.165, 1.54) is 24.1 Å². The van der Waals surface area contributed by atoms with Crippen molar-refractivity contribution < 1.29 is 35.6 Å². The van der Waals surface area contributed by atoms with Crippen LogP contribution in [0, 0.1) is 0 Å². The Morgan fingerprint density at radius 1 is 0.911 bits per heavy atom. The Kier molecular flexibility index (Phi) is 12.6. The summed E-state index contributed by atoms with van der Waals surface area (Å²) in [6, 6.07) is 37.3. The molecule has 17 heteroatoms. The first-order valence-corrected chi connectivity index (χ1v) is 23.4. The van der Waals surface area contributed by atoms with Gasteiger partial charge in [-0.25, -0.2) is 29.2 Å². The number of halogens is 2. The summed E-state index contributed by atoms with van der Waals surface area (Å²) in [5.41, 5.74) is 0.552. The van der Waals surface area contributed by atoms with Gasteiger partial charge in [0, 0.05) is 15.9 Å². The Hall–Kier alpha value is -4.50. The highest BCUT2D eigenvalue weighted by atomic mass is 127. The van der Waals surface area contributed by atoms with Gasteiger partial charge in [-0.3, -0.25) is 17.0 Å². The number of nitrogens with one attached hydrogen (secondary N) is 1. The third-order valence-corrected chi connectivity index (χ3v) is 16.2. The van der Waals surface area contributed by atoms with Crippen molar-refractivity contribution in [3.8, 4) is 5.75 Å². The number of fused-ring (bicyclic) bond motifs is 1. The summed E-state index contributed by atoms with van der Waals surface area (Å²) in [6.07, 6.45) is -2.47. The van der Waals surface area contributed by atoms with Crippen molar-refractivity contribution in [2.75, 3.05) is 13.0 Å². The van der Waals surface area contributed by atoms with Gasteiger partial charge in [0.05, 0.1) is 20.0 Å². The fraction of sp³-hybridized carbons (Fsp3) is 0.231. The summed E-state index contributed by atoms with van der Waals surface area (Å²) in [5, 5.41) is 5.67. The molecule has 1 saturated heterocycles. The van der Waals surface area contributed by atoms with Crippen LogP contribution in [0.4, 0.5) is 10.2 Å². The molecule has 1 N–H and O–H groups in total. The van der Waals surface area contributed by atoms with E-state index in [0.717, 1.165) is 15.9 Å². The van der Waals surface area contributed by atoms with E-state index < -0.39 is 76.7 Å². The van der Waals surface area contributed by atoms with E-state index in [1.54, 1.807) is 37.3 Å². The lowest BCUT2D eigenvalue weighted by Crippen LogP contribution is -2.36. The Labute approximate surface area is 333 Å². The van der Waals surface area contributed by atoms with Crippen molar-refractivity contribution in [3.05, 3.63) is 134 Å². The zero-order valence-electron chi connectivity index (χ0n) is 30.2. The molecule has 1 fully saturated rings. The Morgan fingerprint density at radius 2 is 1.48 bits per heavy atom. The predicted octanol–water partition coefficient (Wildman–Crippen LogP) is 7.30. The average molecular weight is 911 g/mol. The Morgan fingerprint density at radius 3 is 2.04 bits per heavy atom. The van der Waals surface area contributed by atoms with Crippen molar-refractivity contribution >= 4 is 74.6 Å². The molecule has 6 atom stereocenters. The van der Waals surface area contributed by atoms with Crippen LogP contribution in [0.2, 0.25) is 0 Å². The highest BCUT2D eigenvalue weighted by Crippen LogP contribution is 2.50. The predicted molar refractivity (Wildman–Crippen MR) is 220 cm³/mol. The largest absolute Gasteiger partial charge is 0.465 e. The molecule has 2 aromatic heterocycles. The Bertz CT molecular complexity index is 2280. The third-order valence-electron chi connectivity index (χ3n) is 8.90. The minimum Gasteiger partial charge on any atom is -0.465 e. The summed E-state index contributed by atoms with van der Waals surface area (Å²) in [4.78, 5) is 26.1. The zero-order valence-corrected chi connectivity index (χ0v) is 34.2. The van der Waals surface area contributed by atoms with Crippen LogP contribution in [0.1, 0.15) is 20.1 Å². The van der Waals surface area contributed by atoms with Crippen LogP contribution in [-0.4, -0.2) is 60.9 Å². The smallest absolute Gasteiger partial charge is 0.342 e. The lowest BCUT2D eigenvalue weighted by Gasteiger charge is -2.26. The van der Waals surface area contributed by atoms with Gasteiger partial charge < -0.3 is 18.7 Å². The van der Waals surface area contributed by atoms with Crippen molar-refractivity contribution in [1.82, 2.24) is 24.6 Å². The van der Waals surface area contributed by atoms with Crippen molar-refractivity contribution in [1.29, 1.82) is 0 Å². The maximum Gasteiger partial charge on any atom is 0.342 e. The maximum atomic E-state index is 16.3. The van der Waals surface area contributed by atoms with Crippen LogP contribution < -0.4 is 25.5 Å². The number of carbonyl (C=O) groups is 1. The molecular formula is C39H38FIN6O7P2. The molecule has 0 radical (unpaired) electrons. The van der Waals surface area contributed by atoms with Crippen LogP contribution in [0.5, 0.6) is 5.75 Å². The number of ether oxygens (including phenoxy) is 3. The second kappa shape index (κ2) is 17.7. The molecule has 0 unspecified atom stereocenters. The molecule has 0 saturated carbocycles. The topological polar surface area (TPSA) is 156 Å². The van der Waals surface area contributed by atoms with Gasteiger partial charge in [-0.05, 0) is 26.0 Å². The number of alkyl halides is 2. The van der Waals surface area contributed by atoms with Crippen LogP contribution >= 0.6 is 35.8 Å². The number of carbonyl (C=O) groups excluding carboxylic acids is 1. The number of esters is 1. The van der Waals surface area contributed by atoms with Gasteiger partial charge in [-0.2, -0.15) is 0 Å².